The standard InChI is InChI=1S/C12H18O4/c1-15-11(13)8-9-12(14)16-10-6-4-2-3-5-7-10/h8-10H,2-7H2,1H3/b9-8+. The molecule has 90 valence electrons. The summed E-state index contributed by atoms with van der Waals surface area (Å²) < 4.78 is 9.61. The topological polar surface area (TPSA) is 52.6 Å². The van der Waals surface area contributed by atoms with E-state index >= 15 is 0 Å². The quantitative estimate of drug-likeness (QED) is 0.419. The van der Waals surface area contributed by atoms with Gasteiger partial charge in [0, 0.05) is 12.2 Å². The molecule has 1 aliphatic carbocycles. The van der Waals surface area contributed by atoms with Gasteiger partial charge in [-0.2, -0.15) is 0 Å². The van der Waals surface area contributed by atoms with Crippen molar-refractivity contribution >= 4 is 11.9 Å². The minimum atomic E-state index is -0.544. The van der Waals surface area contributed by atoms with Crippen molar-refractivity contribution in [3.05, 3.63) is 12.2 Å². The molecule has 16 heavy (non-hydrogen) atoms. The van der Waals surface area contributed by atoms with Gasteiger partial charge in [0.15, 0.2) is 0 Å². The van der Waals surface area contributed by atoms with Crippen LogP contribution in [0.15, 0.2) is 12.2 Å². The molecular formula is C12H18O4. The van der Waals surface area contributed by atoms with Gasteiger partial charge in [-0.3, -0.25) is 0 Å². The molecule has 0 N–H and O–H groups in total. The van der Waals surface area contributed by atoms with E-state index in [4.69, 9.17) is 4.74 Å². The molecule has 0 spiro atoms. The minimum Gasteiger partial charge on any atom is -0.466 e. The number of esters is 2. The molecule has 0 aromatic carbocycles. The van der Waals surface area contributed by atoms with Gasteiger partial charge in [0.1, 0.15) is 6.10 Å². The molecule has 0 heterocycles. The van der Waals surface area contributed by atoms with E-state index in [1.54, 1.807) is 0 Å². The molecule has 0 bridgehead atoms. The first-order valence-electron chi connectivity index (χ1n) is 5.69. The Balaban J connectivity index is 2.32. The molecule has 0 amide bonds. The average molecular weight is 226 g/mol. The van der Waals surface area contributed by atoms with Crippen molar-refractivity contribution in [2.45, 2.75) is 44.6 Å². The molecule has 0 aliphatic heterocycles. The van der Waals surface area contributed by atoms with E-state index in [1.165, 1.54) is 20.0 Å². The summed E-state index contributed by atoms with van der Waals surface area (Å²) in [6.45, 7) is 0. The van der Waals surface area contributed by atoms with E-state index in [0.717, 1.165) is 37.8 Å². The van der Waals surface area contributed by atoms with Crippen molar-refractivity contribution in [2.24, 2.45) is 0 Å². The van der Waals surface area contributed by atoms with E-state index in [-0.39, 0.29) is 6.10 Å². The van der Waals surface area contributed by atoms with Crippen LogP contribution in [0, 0.1) is 0 Å². The van der Waals surface area contributed by atoms with Gasteiger partial charge < -0.3 is 9.47 Å². The van der Waals surface area contributed by atoms with Crippen molar-refractivity contribution < 1.29 is 19.1 Å². The van der Waals surface area contributed by atoms with Crippen LogP contribution in [-0.4, -0.2) is 25.2 Å². The number of carbonyl (C=O) groups excluding carboxylic acids is 2. The summed E-state index contributed by atoms with van der Waals surface area (Å²) in [6, 6.07) is 0. The lowest BCUT2D eigenvalue weighted by atomic mass is 10.1. The SMILES string of the molecule is COC(=O)/C=C/C(=O)OC1CCCCCC1. The summed E-state index contributed by atoms with van der Waals surface area (Å²) in [4.78, 5) is 22.1. The Kier molecular flexibility index (Phi) is 5.61. The Hall–Kier alpha value is -1.32. The lowest BCUT2D eigenvalue weighted by Crippen LogP contribution is -2.16. The van der Waals surface area contributed by atoms with Gasteiger partial charge in [0.25, 0.3) is 0 Å². The third kappa shape index (κ3) is 4.96. The van der Waals surface area contributed by atoms with E-state index in [0.29, 0.717) is 0 Å². The van der Waals surface area contributed by atoms with Gasteiger partial charge in [0.05, 0.1) is 7.11 Å². The fourth-order valence-electron chi connectivity index (χ4n) is 1.77. The van der Waals surface area contributed by atoms with E-state index < -0.39 is 11.9 Å². The Morgan fingerprint density at radius 3 is 2.12 bits per heavy atom. The lowest BCUT2D eigenvalue weighted by molar-refractivity contribution is -0.144. The van der Waals surface area contributed by atoms with E-state index in [2.05, 4.69) is 4.74 Å². The maximum Gasteiger partial charge on any atom is 0.331 e. The normalized spacial score (nSPS) is 18.1. The zero-order valence-electron chi connectivity index (χ0n) is 9.61. The monoisotopic (exact) mass is 226 g/mol. The Morgan fingerprint density at radius 2 is 1.56 bits per heavy atom. The largest absolute Gasteiger partial charge is 0.466 e. The van der Waals surface area contributed by atoms with Crippen LogP contribution < -0.4 is 0 Å². The average Bonchev–Trinajstić information content (AvgIpc) is 2.54. The van der Waals surface area contributed by atoms with Crippen molar-refractivity contribution in [2.75, 3.05) is 7.11 Å². The predicted molar refractivity (Wildman–Crippen MR) is 58.7 cm³/mol. The number of methoxy groups -OCH3 is 1. The number of hydrogen-bond acceptors (Lipinski definition) is 4. The van der Waals surface area contributed by atoms with E-state index in [1.807, 2.05) is 0 Å². The molecule has 0 aromatic rings. The van der Waals surface area contributed by atoms with Crippen molar-refractivity contribution in [1.82, 2.24) is 0 Å². The van der Waals surface area contributed by atoms with Crippen LogP contribution in [0.25, 0.3) is 0 Å². The summed E-state index contributed by atoms with van der Waals surface area (Å²) in [5.41, 5.74) is 0. The third-order valence-corrected chi connectivity index (χ3v) is 2.64. The minimum absolute atomic E-state index is 0.0114. The Bertz CT molecular complexity index is 262. The molecule has 1 saturated carbocycles. The van der Waals surface area contributed by atoms with Crippen LogP contribution >= 0.6 is 0 Å². The zero-order valence-corrected chi connectivity index (χ0v) is 9.61. The number of carbonyl (C=O) groups is 2. The van der Waals surface area contributed by atoms with Gasteiger partial charge >= 0.3 is 11.9 Å². The summed E-state index contributed by atoms with van der Waals surface area (Å²) in [5.74, 6) is -1.00. The fraction of sp³-hybridized carbons (Fsp3) is 0.667. The Morgan fingerprint density at radius 1 is 1.00 bits per heavy atom. The molecule has 0 unspecified atom stereocenters. The van der Waals surface area contributed by atoms with Gasteiger partial charge in [-0.05, 0) is 25.7 Å². The van der Waals surface area contributed by atoms with Crippen LogP contribution in [0.5, 0.6) is 0 Å². The highest BCUT2D eigenvalue weighted by Crippen LogP contribution is 2.19. The van der Waals surface area contributed by atoms with Crippen LogP contribution in [-0.2, 0) is 19.1 Å². The van der Waals surface area contributed by atoms with Gasteiger partial charge in [-0.15, -0.1) is 0 Å². The van der Waals surface area contributed by atoms with Crippen molar-refractivity contribution in [3.8, 4) is 0 Å². The molecule has 0 saturated heterocycles. The second kappa shape index (κ2) is 7.04. The number of ether oxygens (including phenoxy) is 2. The molecule has 0 aromatic heterocycles. The lowest BCUT2D eigenvalue weighted by Gasteiger charge is -2.13. The van der Waals surface area contributed by atoms with Crippen LogP contribution in [0.3, 0.4) is 0 Å². The number of hydrogen-bond donors (Lipinski definition) is 0. The third-order valence-electron chi connectivity index (χ3n) is 2.64. The maximum absolute atomic E-state index is 11.3. The summed E-state index contributed by atoms with van der Waals surface area (Å²) in [7, 11) is 1.27. The molecule has 0 atom stereocenters. The second-order valence-corrected chi connectivity index (χ2v) is 3.91. The molecule has 1 aliphatic rings. The highest BCUT2D eigenvalue weighted by molar-refractivity contribution is 5.91. The maximum atomic E-state index is 11.3. The first-order chi connectivity index (χ1) is 7.72. The highest BCUT2D eigenvalue weighted by Gasteiger charge is 2.15. The summed E-state index contributed by atoms with van der Waals surface area (Å²) in [5, 5.41) is 0. The summed E-state index contributed by atoms with van der Waals surface area (Å²) >= 11 is 0. The van der Waals surface area contributed by atoms with Gasteiger partial charge in [-0.25, -0.2) is 9.59 Å². The van der Waals surface area contributed by atoms with Crippen LogP contribution in [0.2, 0.25) is 0 Å². The fourth-order valence-corrected chi connectivity index (χ4v) is 1.77. The highest BCUT2D eigenvalue weighted by atomic mass is 16.5. The first-order valence-corrected chi connectivity index (χ1v) is 5.69. The zero-order chi connectivity index (χ0) is 11.8. The van der Waals surface area contributed by atoms with Gasteiger partial charge in [-0.1, -0.05) is 12.8 Å². The molecule has 0 radical (unpaired) electrons. The molecule has 1 fully saturated rings. The van der Waals surface area contributed by atoms with Crippen molar-refractivity contribution in [3.63, 3.8) is 0 Å². The Labute approximate surface area is 95.6 Å². The molecule has 1 rings (SSSR count). The molecule has 4 heteroatoms. The predicted octanol–water partition coefficient (Wildman–Crippen LogP) is 1.98. The molecular weight excluding hydrogens is 208 g/mol. The first kappa shape index (κ1) is 12.7. The van der Waals surface area contributed by atoms with Crippen LogP contribution in [0.1, 0.15) is 38.5 Å². The smallest absolute Gasteiger partial charge is 0.331 e. The molecule has 4 nitrogen and oxygen atoms in total. The van der Waals surface area contributed by atoms with Crippen molar-refractivity contribution in [1.29, 1.82) is 0 Å². The second-order valence-electron chi connectivity index (χ2n) is 3.91. The van der Waals surface area contributed by atoms with E-state index in [9.17, 15) is 9.59 Å². The van der Waals surface area contributed by atoms with Gasteiger partial charge in [0.2, 0.25) is 0 Å². The summed E-state index contributed by atoms with van der Waals surface area (Å²) in [6.07, 6.45) is 8.72. The number of rotatable bonds is 3. The van der Waals surface area contributed by atoms with Crippen LogP contribution in [0.4, 0.5) is 0 Å².